The van der Waals surface area contributed by atoms with Crippen LogP contribution in [0.5, 0.6) is 0 Å². The summed E-state index contributed by atoms with van der Waals surface area (Å²) in [5, 5.41) is 3.22. The van der Waals surface area contributed by atoms with Crippen LogP contribution in [0.3, 0.4) is 0 Å². The molecule has 0 aromatic heterocycles. The molecule has 0 spiro atoms. The molecule has 2 saturated heterocycles. The molecule has 90 valence electrons. The van der Waals surface area contributed by atoms with E-state index in [1.54, 1.807) is 11.9 Å². The summed E-state index contributed by atoms with van der Waals surface area (Å²) in [5.41, 5.74) is 0. The van der Waals surface area contributed by atoms with Gasteiger partial charge in [-0.15, -0.1) is 0 Å². The molecule has 0 radical (unpaired) electrons. The van der Waals surface area contributed by atoms with Crippen LogP contribution in [0.1, 0.15) is 12.8 Å². The van der Waals surface area contributed by atoms with Crippen LogP contribution >= 0.6 is 0 Å². The largest absolute Gasteiger partial charge is 0.346 e. The van der Waals surface area contributed by atoms with Crippen molar-refractivity contribution in [3.63, 3.8) is 0 Å². The van der Waals surface area contributed by atoms with E-state index in [4.69, 9.17) is 0 Å². The topological polar surface area (TPSA) is 52.7 Å². The van der Waals surface area contributed by atoms with Crippen LogP contribution in [0.4, 0.5) is 0 Å². The fourth-order valence-electron chi connectivity index (χ4n) is 2.30. The number of hydrogen-bond acceptors (Lipinski definition) is 3. The fourth-order valence-corrected chi connectivity index (χ4v) is 2.30. The summed E-state index contributed by atoms with van der Waals surface area (Å²) in [5.74, 6) is 0.185. The standard InChI is InChI=1S/C11H19N3O2/c1-13-5-2-9(8-10(13)15)11(16)14-6-3-12-4-7-14/h9,12H,2-8H2,1H3. The number of nitrogens with zero attached hydrogens (tertiary/aromatic N) is 2. The lowest BCUT2D eigenvalue weighted by atomic mass is 9.95. The average molecular weight is 225 g/mol. The minimum atomic E-state index is -0.0817. The molecule has 0 bridgehead atoms. The van der Waals surface area contributed by atoms with Crippen LogP contribution in [-0.2, 0) is 9.59 Å². The maximum absolute atomic E-state index is 12.1. The molecule has 2 fully saturated rings. The monoisotopic (exact) mass is 225 g/mol. The highest BCUT2D eigenvalue weighted by atomic mass is 16.2. The Kier molecular flexibility index (Phi) is 3.43. The van der Waals surface area contributed by atoms with Crippen molar-refractivity contribution in [2.45, 2.75) is 12.8 Å². The van der Waals surface area contributed by atoms with Gasteiger partial charge in [0.25, 0.3) is 0 Å². The zero-order valence-electron chi connectivity index (χ0n) is 9.74. The second kappa shape index (κ2) is 4.82. The van der Waals surface area contributed by atoms with Crippen LogP contribution in [0, 0.1) is 5.92 Å². The van der Waals surface area contributed by atoms with Gasteiger partial charge in [-0.1, -0.05) is 0 Å². The first-order valence-corrected chi connectivity index (χ1v) is 5.92. The predicted molar refractivity (Wildman–Crippen MR) is 59.8 cm³/mol. The van der Waals surface area contributed by atoms with Crippen molar-refractivity contribution in [1.29, 1.82) is 0 Å². The van der Waals surface area contributed by atoms with Crippen molar-refractivity contribution in [2.75, 3.05) is 39.8 Å². The zero-order chi connectivity index (χ0) is 11.5. The lowest BCUT2D eigenvalue weighted by molar-refractivity contribution is -0.144. The molecule has 0 aromatic rings. The van der Waals surface area contributed by atoms with E-state index in [0.717, 1.165) is 32.6 Å². The molecular formula is C11H19N3O2. The summed E-state index contributed by atoms with van der Waals surface area (Å²) in [6.07, 6.45) is 1.20. The molecule has 5 nitrogen and oxygen atoms in total. The highest BCUT2D eigenvalue weighted by Crippen LogP contribution is 2.19. The van der Waals surface area contributed by atoms with Gasteiger partial charge in [-0.3, -0.25) is 9.59 Å². The summed E-state index contributed by atoms with van der Waals surface area (Å²) in [6, 6.07) is 0. The van der Waals surface area contributed by atoms with Gasteiger partial charge in [0.05, 0.1) is 0 Å². The van der Waals surface area contributed by atoms with Crippen molar-refractivity contribution in [2.24, 2.45) is 5.92 Å². The quantitative estimate of drug-likeness (QED) is 0.641. The Morgan fingerprint density at radius 2 is 2.00 bits per heavy atom. The Labute approximate surface area is 95.8 Å². The van der Waals surface area contributed by atoms with E-state index in [-0.39, 0.29) is 17.7 Å². The molecule has 16 heavy (non-hydrogen) atoms. The first-order chi connectivity index (χ1) is 7.68. The number of carbonyl (C=O) groups excluding carboxylic acids is 2. The second-order valence-corrected chi connectivity index (χ2v) is 4.58. The minimum Gasteiger partial charge on any atom is -0.346 e. The van der Waals surface area contributed by atoms with E-state index in [1.165, 1.54) is 0 Å². The molecular weight excluding hydrogens is 206 g/mol. The Bertz CT molecular complexity index is 287. The maximum atomic E-state index is 12.1. The highest BCUT2D eigenvalue weighted by Gasteiger charge is 2.31. The van der Waals surface area contributed by atoms with Crippen LogP contribution in [-0.4, -0.2) is 61.4 Å². The van der Waals surface area contributed by atoms with E-state index in [2.05, 4.69) is 5.32 Å². The fraction of sp³-hybridized carbons (Fsp3) is 0.818. The lowest BCUT2D eigenvalue weighted by Gasteiger charge is -2.34. The van der Waals surface area contributed by atoms with Gasteiger partial charge in [0, 0.05) is 52.1 Å². The van der Waals surface area contributed by atoms with Gasteiger partial charge < -0.3 is 15.1 Å². The van der Waals surface area contributed by atoms with Crippen molar-refractivity contribution < 1.29 is 9.59 Å². The van der Waals surface area contributed by atoms with E-state index >= 15 is 0 Å². The molecule has 1 unspecified atom stereocenters. The predicted octanol–water partition coefficient (Wildman–Crippen LogP) is -0.713. The molecule has 1 atom stereocenters. The van der Waals surface area contributed by atoms with Crippen LogP contribution in [0.15, 0.2) is 0 Å². The Hall–Kier alpha value is -1.10. The van der Waals surface area contributed by atoms with Gasteiger partial charge in [0.15, 0.2) is 0 Å². The zero-order valence-corrected chi connectivity index (χ0v) is 9.74. The van der Waals surface area contributed by atoms with Gasteiger partial charge in [-0.25, -0.2) is 0 Å². The smallest absolute Gasteiger partial charge is 0.226 e. The molecule has 1 N–H and O–H groups in total. The number of piperidine rings is 1. The van der Waals surface area contributed by atoms with Gasteiger partial charge >= 0.3 is 0 Å². The van der Waals surface area contributed by atoms with Crippen molar-refractivity contribution >= 4 is 11.8 Å². The number of amides is 2. The Morgan fingerprint density at radius 1 is 1.31 bits per heavy atom. The van der Waals surface area contributed by atoms with E-state index < -0.39 is 0 Å². The SMILES string of the molecule is CN1CCC(C(=O)N2CCNCC2)CC1=O. The molecule has 2 heterocycles. The Balaban J connectivity index is 1.91. The number of hydrogen-bond donors (Lipinski definition) is 1. The normalized spacial score (nSPS) is 27.1. The first kappa shape index (κ1) is 11.4. The van der Waals surface area contributed by atoms with Crippen LogP contribution in [0.25, 0.3) is 0 Å². The Morgan fingerprint density at radius 3 is 2.62 bits per heavy atom. The second-order valence-electron chi connectivity index (χ2n) is 4.58. The molecule has 0 saturated carbocycles. The third-order valence-electron chi connectivity index (χ3n) is 3.44. The molecule has 2 aliphatic heterocycles. The van der Waals surface area contributed by atoms with Crippen LogP contribution in [0.2, 0.25) is 0 Å². The molecule has 5 heteroatoms. The minimum absolute atomic E-state index is 0.0817. The van der Waals surface area contributed by atoms with E-state index in [9.17, 15) is 9.59 Å². The first-order valence-electron chi connectivity index (χ1n) is 5.92. The molecule has 2 amide bonds. The van der Waals surface area contributed by atoms with E-state index in [1.807, 2.05) is 4.90 Å². The third-order valence-corrected chi connectivity index (χ3v) is 3.44. The summed E-state index contributed by atoms with van der Waals surface area (Å²) < 4.78 is 0. The lowest BCUT2D eigenvalue weighted by Crippen LogP contribution is -2.50. The number of nitrogens with one attached hydrogen (secondary N) is 1. The molecule has 2 aliphatic rings. The molecule has 2 rings (SSSR count). The number of likely N-dealkylation sites (tertiary alicyclic amines) is 1. The van der Waals surface area contributed by atoms with Crippen molar-refractivity contribution in [1.82, 2.24) is 15.1 Å². The average Bonchev–Trinajstić information content (AvgIpc) is 2.33. The summed E-state index contributed by atoms with van der Waals surface area (Å²) in [6.45, 7) is 4.00. The molecule has 0 aromatic carbocycles. The number of rotatable bonds is 1. The number of piperazine rings is 1. The summed E-state index contributed by atoms with van der Waals surface area (Å²) in [7, 11) is 1.80. The third kappa shape index (κ3) is 2.35. The van der Waals surface area contributed by atoms with Crippen molar-refractivity contribution in [3.05, 3.63) is 0 Å². The van der Waals surface area contributed by atoms with E-state index in [0.29, 0.717) is 13.0 Å². The van der Waals surface area contributed by atoms with Crippen LogP contribution < -0.4 is 5.32 Å². The summed E-state index contributed by atoms with van der Waals surface area (Å²) >= 11 is 0. The van der Waals surface area contributed by atoms with Gasteiger partial charge in [-0.2, -0.15) is 0 Å². The summed E-state index contributed by atoms with van der Waals surface area (Å²) in [4.78, 5) is 27.3. The highest BCUT2D eigenvalue weighted by molar-refractivity contribution is 5.86. The number of carbonyl (C=O) groups is 2. The van der Waals surface area contributed by atoms with Gasteiger partial charge in [0.1, 0.15) is 0 Å². The van der Waals surface area contributed by atoms with Crippen molar-refractivity contribution in [3.8, 4) is 0 Å². The molecule has 0 aliphatic carbocycles. The van der Waals surface area contributed by atoms with Gasteiger partial charge in [0.2, 0.25) is 11.8 Å². The maximum Gasteiger partial charge on any atom is 0.226 e. The van der Waals surface area contributed by atoms with Gasteiger partial charge in [-0.05, 0) is 6.42 Å².